The second-order valence-electron chi connectivity index (χ2n) is 8.08. The number of nitrogens with zero attached hydrogens (tertiary/aromatic N) is 1. The molecule has 2 saturated heterocycles. The van der Waals surface area contributed by atoms with Crippen LogP contribution in [0.5, 0.6) is 0 Å². The van der Waals surface area contributed by atoms with Gasteiger partial charge in [-0.3, -0.25) is 14.5 Å². The molecule has 6 heteroatoms. The van der Waals surface area contributed by atoms with Gasteiger partial charge < -0.3 is 15.4 Å². The topological polar surface area (TPSA) is 70.7 Å². The molecule has 30 heavy (non-hydrogen) atoms. The molecule has 0 spiro atoms. The van der Waals surface area contributed by atoms with Gasteiger partial charge in [0.05, 0.1) is 0 Å². The summed E-state index contributed by atoms with van der Waals surface area (Å²) in [5, 5.41) is 6.01. The van der Waals surface area contributed by atoms with Crippen LogP contribution in [0, 0.1) is 0 Å². The van der Waals surface area contributed by atoms with E-state index in [4.69, 9.17) is 4.74 Å². The van der Waals surface area contributed by atoms with Gasteiger partial charge in [0.25, 0.3) is 11.8 Å². The van der Waals surface area contributed by atoms with E-state index in [2.05, 4.69) is 39.8 Å². The second kappa shape index (κ2) is 9.87. The largest absolute Gasteiger partial charge is 0.368 e. The van der Waals surface area contributed by atoms with Crippen LogP contribution in [-0.2, 0) is 16.1 Å². The molecule has 0 aromatic heterocycles. The predicted octanol–water partition coefficient (Wildman–Crippen LogP) is 3.20. The lowest BCUT2D eigenvalue weighted by Crippen LogP contribution is -2.44. The quantitative estimate of drug-likeness (QED) is 0.772. The Morgan fingerprint density at radius 1 is 1.00 bits per heavy atom. The molecule has 6 nitrogen and oxygen atoms in total. The van der Waals surface area contributed by atoms with Crippen molar-refractivity contribution in [1.82, 2.24) is 10.2 Å². The first-order chi connectivity index (χ1) is 14.7. The summed E-state index contributed by atoms with van der Waals surface area (Å²) < 4.78 is 5.42. The third kappa shape index (κ3) is 5.46. The van der Waals surface area contributed by atoms with E-state index < -0.39 is 0 Å². The highest BCUT2D eigenvalue weighted by molar-refractivity contribution is 5.98. The minimum Gasteiger partial charge on any atom is -0.368 e. The Kier molecular flexibility index (Phi) is 6.77. The Bertz CT molecular complexity index is 857. The first kappa shape index (κ1) is 20.6. The highest BCUT2D eigenvalue weighted by atomic mass is 16.5. The molecular formula is C24H29N3O3. The Hall–Kier alpha value is -2.70. The Labute approximate surface area is 177 Å². The molecule has 2 aromatic carbocycles. The number of rotatable bonds is 6. The van der Waals surface area contributed by atoms with Crippen LogP contribution in [0.15, 0.2) is 54.6 Å². The highest BCUT2D eigenvalue weighted by Gasteiger charge is 2.24. The Morgan fingerprint density at radius 3 is 2.53 bits per heavy atom. The second-order valence-corrected chi connectivity index (χ2v) is 8.08. The van der Waals surface area contributed by atoms with Crippen LogP contribution in [0.4, 0.5) is 5.69 Å². The van der Waals surface area contributed by atoms with Crippen molar-refractivity contribution in [1.29, 1.82) is 0 Å². The number of benzene rings is 2. The van der Waals surface area contributed by atoms with Gasteiger partial charge >= 0.3 is 0 Å². The lowest BCUT2D eigenvalue weighted by molar-refractivity contribution is -0.124. The Balaban J connectivity index is 1.26. The minimum absolute atomic E-state index is 0.0928. The van der Waals surface area contributed by atoms with Crippen LogP contribution in [0.25, 0.3) is 0 Å². The van der Waals surface area contributed by atoms with Crippen LogP contribution >= 0.6 is 0 Å². The molecular weight excluding hydrogens is 378 g/mol. The normalized spacial score (nSPS) is 20.1. The minimum atomic E-state index is -0.386. The fraction of sp³-hybridized carbons (Fsp3) is 0.417. The van der Waals surface area contributed by atoms with Crippen molar-refractivity contribution in [3.63, 3.8) is 0 Å². The van der Waals surface area contributed by atoms with Crippen molar-refractivity contribution in [2.24, 2.45) is 0 Å². The number of ether oxygens (including phenoxy) is 1. The van der Waals surface area contributed by atoms with Gasteiger partial charge in [-0.25, -0.2) is 0 Å². The van der Waals surface area contributed by atoms with Gasteiger partial charge in [0, 0.05) is 43.5 Å². The molecule has 0 bridgehead atoms. The SMILES string of the molecule is O=C(NC1CCN(Cc2ccccc2)CC1)c1cccc(NC(=O)C2CCCO2)c1. The third-order valence-corrected chi connectivity index (χ3v) is 5.79. The summed E-state index contributed by atoms with van der Waals surface area (Å²) in [5.41, 5.74) is 2.51. The number of nitrogens with one attached hydrogen (secondary N) is 2. The average molecular weight is 408 g/mol. The molecule has 0 radical (unpaired) electrons. The zero-order valence-corrected chi connectivity index (χ0v) is 17.2. The Morgan fingerprint density at radius 2 is 1.80 bits per heavy atom. The number of likely N-dealkylation sites (tertiary alicyclic amines) is 1. The van der Waals surface area contributed by atoms with E-state index >= 15 is 0 Å². The van der Waals surface area contributed by atoms with Crippen LogP contribution in [0.1, 0.15) is 41.6 Å². The number of anilines is 1. The lowest BCUT2D eigenvalue weighted by Gasteiger charge is -2.32. The third-order valence-electron chi connectivity index (χ3n) is 5.79. The molecule has 2 fully saturated rings. The van der Waals surface area contributed by atoms with E-state index in [0.717, 1.165) is 45.3 Å². The molecule has 4 rings (SSSR count). The molecule has 2 aliphatic heterocycles. The van der Waals surface area contributed by atoms with Crippen LogP contribution < -0.4 is 10.6 Å². The standard InChI is InChI=1S/C24H29N3O3/c28-23(19-8-4-9-21(16-19)26-24(29)22-10-5-15-30-22)25-20-11-13-27(14-12-20)17-18-6-2-1-3-7-18/h1-4,6-9,16,20,22H,5,10-15,17H2,(H,25,28)(H,26,29). The molecule has 2 aliphatic rings. The van der Waals surface area contributed by atoms with Crippen molar-refractivity contribution in [2.75, 3.05) is 25.0 Å². The number of hydrogen-bond acceptors (Lipinski definition) is 4. The maximum Gasteiger partial charge on any atom is 0.253 e. The summed E-state index contributed by atoms with van der Waals surface area (Å²) in [4.78, 5) is 27.4. The monoisotopic (exact) mass is 407 g/mol. The molecule has 2 aromatic rings. The van der Waals surface area contributed by atoms with Crippen molar-refractivity contribution in [3.8, 4) is 0 Å². The molecule has 0 aliphatic carbocycles. The van der Waals surface area contributed by atoms with Gasteiger partial charge in [0.15, 0.2) is 0 Å². The van der Waals surface area contributed by atoms with Gasteiger partial charge in [0.1, 0.15) is 6.10 Å². The lowest BCUT2D eigenvalue weighted by atomic mass is 10.0. The molecule has 2 amide bonds. The van der Waals surface area contributed by atoms with E-state index in [1.807, 2.05) is 6.07 Å². The summed E-state index contributed by atoms with van der Waals surface area (Å²) in [5.74, 6) is -0.236. The van der Waals surface area contributed by atoms with Crippen molar-refractivity contribution in [2.45, 2.75) is 44.4 Å². The fourth-order valence-electron chi connectivity index (χ4n) is 4.09. The summed E-state index contributed by atoms with van der Waals surface area (Å²) in [6.07, 6.45) is 3.14. The number of carbonyl (C=O) groups is 2. The van der Waals surface area contributed by atoms with E-state index in [0.29, 0.717) is 17.9 Å². The molecule has 2 N–H and O–H groups in total. The molecule has 1 atom stereocenters. The number of hydrogen-bond donors (Lipinski definition) is 2. The maximum absolute atomic E-state index is 12.7. The van der Waals surface area contributed by atoms with E-state index in [1.54, 1.807) is 24.3 Å². The van der Waals surface area contributed by atoms with Crippen LogP contribution in [-0.4, -0.2) is 48.6 Å². The highest BCUT2D eigenvalue weighted by Crippen LogP contribution is 2.18. The van der Waals surface area contributed by atoms with Gasteiger partial charge in [-0.15, -0.1) is 0 Å². The van der Waals surface area contributed by atoms with E-state index in [-0.39, 0.29) is 24.0 Å². The predicted molar refractivity (Wildman–Crippen MR) is 116 cm³/mol. The number of carbonyl (C=O) groups excluding carboxylic acids is 2. The van der Waals surface area contributed by atoms with Gasteiger partial charge in [0.2, 0.25) is 0 Å². The molecule has 158 valence electrons. The van der Waals surface area contributed by atoms with Gasteiger partial charge in [-0.05, 0) is 49.4 Å². The molecule has 2 heterocycles. The first-order valence-electron chi connectivity index (χ1n) is 10.8. The van der Waals surface area contributed by atoms with Crippen molar-refractivity contribution < 1.29 is 14.3 Å². The smallest absolute Gasteiger partial charge is 0.253 e. The van der Waals surface area contributed by atoms with Crippen LogP contribution in [0.3, 0.4) is 0 Å². The molecule has 0 saturated carbocycles. The summed E-state index contributed by atoms with van der Waals surface area (Å²) >= 11 is 0. The summed E-state index contributed by atoms with van der Waals surface area (Å²) in [6.45, 7) is 3.52. The average Bonchev–Trinajstić information content (AvgIpc) is 3.31. The van der Waals surface area contributed by atoms with Crippen molar-refractivity contribution in [3.05, 3.63) is 65.7 Å². The summed E-state index contributed by atoms with van der Waals surface area (Å²) in [6, 6.07) is 17.8. The van der Waals surface area contributed by atoms with E-state index in [9.17, 15) is 9.59 Å². The first-order valence-corrected chi connectivity index (χ1v) is 10.8. The maximum atomic E-state index is 12.7. The fourth-order valence-corrected chi connectivity index (χ4v) is 4.09. The summed E-state index contributed by atoms with van der Waals surface area (Å²) in [7, 11) is 0. The zero-order chi connectivity index (χ0) is 20.8. The van der Waals surface area contributed by atoms with Gasteiger partial charge in [-0.2, -0.15) is 0 Å². The molecule has 1 unspecified atom stereocenters. The number of amides is 2. The van der Waals surface area contributed by atoms with Crippen molar-refractivity contribution >= 4 is 17.5 Å². The van der Waals surface area contributed by atoms with Gasteiger partial charge in [-0.1, -0.05) is 36.4 Å². The van der Waals surface area contributed by atoms with E-state index in [1.165, 1.54) is 5.56 Å². The number of piperidine rings is 1. The zero-order valence-electron chi connectivity index (χ0n) is 17.2. The van der Waals surface area contributed by atoms with Crippen LogP contribution in [0.2, 0.25) is 0 Å².